The summed E-state index contributed by atoms with van der Waals surface area (Å²) in [6.45, 7) is 4.48. The number of ether oxygens (including phenoxy) is 2. The second kappa shape index (κ2) is 11.4. The Kier molecular flexibility index (Phi) is 8.38. The van der Waals surface area contributed by atoms with E-state index in [0.29, 0.717) is 42.0 Å². The van der Waals surface area contributed by atoms with Crippen molar-refractivity contribution in [3.05, 3.63) is 58.1 Å². The predicted octanol–water partition coefficient (Wildman–Crippen LogP) is 6.70. The van der Waals surface area contributed by atoms with Crippen LogP contribution in [0.25, 0.3) is 0 Å². The molecule has 2 aliphatic heterocycles. The molecule has 14 heteroatoms. The summed E-state index contributed by atoms with van der Waals surface area (Å²) in [4.78, 5) is 42.3. The quantitative estimate of drug-likeness (QED) is 0.365. The summed E-state index contributed by atoms with van der Waals surface area (Å²) in [5.74, 6) is -0.224. The van der Waals surface area contributed by atoms with Gasteiger partial charge in [-0.25, -0.2) is 9.59 Å². The molecule has 8 nitrogen and oxygen atoms in total. The Morgan fingerprint density at radius 2 is 1.60 bits per heavy atom. The lowest BCUT2D eigenvalue weighted by molar-refractivity contribution is -0.143. The van der Waals surface area contributed by atoms with Crippen molar-refractivity contribution in [2.75, 3.05) is 30.1 Å². The first kappa shape index (κ1) is 31.0. The maximum atomic E-state index is 13.5. The topological polar surface area (TPSA) is 79.4 Å². The molecule has 0 bridgehead atoms. The van der Waals surface area contributed by atoms with E-state index in [9.17, 15) is 40.7 Å². The number of rotatable bonds is 4. The van der Waals surface area contributed by atoms with Gasteiger partial charge in [-0.3, -0.25) is 14.6 Å². The normalized spacial score (nSPS) is 18.3. The summed E-state index contributed by atoms with van der Waals surface area (Å²) in [6, 6.07) is 2.96. The highest BCUT2D eigenvalue weighted by molar-refractivity contribution is 5.97. The van der Waals surface area contributed by atoms with Gasteiger partial charge in [-0.15, -0.1) is 0 Å². The summed E-state index contributed by atoms with van der Waals surface area (Å²) < 4.78 is 91.5. The fourth-order valence-electron chi connectivity index (χ4n) is 5.53. The maximum Gasteiger partial charge on any atom is 0.416 e. The van der Waals surface area contributed by atoms with Crippen LogP contribution in [0.3, 0.4) is 0 Å². The van der Waals surface area contributed by atoms with Crippen LogP contribution in [0.2, 0.25) is 0 Å². The van der Waals surface area contributed by atoms with Gasteiger partial charge in [0.25, 0.3) is 0 Å². The predicted molar refractivity (Wildman–Crippen MR) is 139 cm³/mol. The SMILES string of the molecule is CCOC(=O)N1c2cc3c(cc2C(N(Cc2cc(C(F)(F)F)cc(C(F)(F)F)c2)C(=O)OC)CC1C)CCN3C(C)=O. The average molecular weight is 602 g/mol. The molecule has 0 N–H and O–H groups in total. The monoisotopic (exact) mass is 601 g/mol. The zero-order valence-electron chi connectivity index (χ0n) is 23.2. The lowest BCUT2D eigenvalue weighted by Gasteiger charge is -2.43. The summed E-state index contributed by atoms with van der Waals surface area (Å²) in [6.07, 6.45) is -11.3. The number of methoxy groups -OCH3 is 1. The summed E-state index contributed by atoms with van der Waals surface area (Å²) in [5.41, 5.74) is -1.42. The van der Waals surface area contributed by atoms with Crippen LogP contribution in [0.5, 0.6) is 0 Å². The van der Waals surface area contributed by atoms with Gasteiger partial charge in [0.2, 0.25) is 5.91 Å². The molecule has 0 spiro atoms. The van der Waals surface area contributed by atoms with Crippen LogP contribution in [0.4, 0.5) is 47.3 Å². The Hall–Kier alpha value is -3.97. The van der Waals surface area contributed by atoms with Crippen molar-refractivity contribution >= 4 is 29.5 Å². The number of anilines is 2. The molecule has 2 atom stereocenters. The molecule has 2 heterocycles. The van der Waals surface area contributed by atoms with Gasteiger partial charge in [-0.05, 0) is 73.7 Å². The Labute approximate surface area is 237 Å². The highest BCUT2D eigenvalue weighted by Crippen LogP contribution is 2.46. The van der Waals surface area contributed by atoms with Crippen molar-refractivity contribution in [2.24, 2.45) is 0 Å². The van der Waals surface area contributed by atoms with Crippen LogP contribution >= 0.6 is 0 Å². The van der Waals surface area contributed by atoms with Crippen molar-refractivity contribution in [1.29, 1.82) is 0 Å². The molecule has 2 aromatic rings. The van der Waals surface area contributed by atoms with Crippen LogP contribution in [0, 0.1) is 0 Å². The fourth-order valence-corrected chi connectivity index (χ4v) is 5.53. The second-order valence-electron chi connectivity index (χ2n) is 10.1. The van der Waals surface area contributed by atoms with Crippen molar-refractivity contribution in [1.82, 2.24) is 4.90 Å². The third kappa shape index (κ3) is 5.97. The van der Waals surface area contributed by atoms with Gasteiger partial charge >= 0.3 is 24.5 Å². The molecule has 0 saturated heterocycles. The molecule has 0 aromatic heterocycles. The Balaban J connectivity index is 1.87. The van der Waals surface area contributed by atoms with Crippen LogP contribution in [-0.4, -0.2) is 49.3 Å². The number of fused-ring (bicyclic) bond motifs is 2. The van der Waals surface area contributed by atoms with Crippen molar-refractivity contribution in [2.45, 2.75) is 64.6 Å². The van der Waals surface area contributed by atoms with E-state index in [4.69, 9.17) is 9.47 Å². The molecule has 4 rings (SSSR count). The van der Waals surface area contributed by atoms with Crippen LogP contribution in [0.15, 0.2) is 30.3 Å². The van der Waals surface area contributed by atoms with E-state index in [2.05, 4.69) is 0 Å². The zero-order chi connectivity index (χ0) is 31.1. The number of halogens is 6. The number of hydrogen-bond acceptors (Lipinski definition) is 5. The molecule has 0 saturated carbocycles. The number of alkyl halides is 6. The molecule has 2 aliphatic rings. The smallest absolute Gasteiger partial charge is 0.416 e. The van der Waals surface area contributed by atoms with Gasteiger partial charge in [0.05, 0.1) is 36.6 Å². The highest BCUT2D eigenvalue weighted by Gasteiger charge is 2.42. The maximum absolute atomic E-state index is 13.5. The van der Waals surface area contributed by atoms with Crippen LogP contribution < -0.4 is 9.80 Å². The molecule has 0 aliphatic carbocycles. The lowest BCUT2D eigenvalue weighted by Crippen LogP contribution is -2.47. The molecule has 2 aromatic carbocycles. The molecule has 2 unspecified atom stereocenters. The Morgan fingerprint density at radius 3 is 2.12 bits per heavy atom. The highest BCUT2D eigenvalue weighted by atomic mass is 19.4. The van der Waals surface area contributed by atoms with E-state index < -0.39 is 59.9 Å². The molecule has 42 heavy (non-hydrogen) atoms. The van der Waals surface area contributed by atoms with E-state index in [1.54, 1.807) is 26.0 Å². The minimum Gasteiger partial charge on any atom is -0.453 e. The number of carbonyl (C=O) groups is 3. The second-order valence-corrected chi connectivity index (χ2v) is 10.1. The molecular weight excluding hydrogens is 572 g/mol. The van der Waals surface area contributed by atoms with Gasteiger partial charge in [0, 0.05) is 31.7 Å². The van der Waals surface area contributed by atoms with E-state index in [0.717, 1.165) is 17.6 Å². The Bertz CT molecular complexity index is 1360. The number of benzene rings is 2. The zero-order valence-corrected chi connectivity index (χ0v) is 23.2. The van der Waals surface area contributed by atoms with Crippen LogP contribution in [0.1, 0.15) is 61.1 Å². The minimum atomic E-state index is -5.07. The van der Waals surface area contributed by atoms with Gasteiger partial charge in [0.1, 0.15) is 0 Å². The number of nitrogens with zero attached hydrogens (tertiary/aromatic N) is 3. The first-order chi connectivity index (χ1) is 19.6. The fraction of sp³-hybridized carbons (Fsp3) is 0.464. The number of hydrogen-bond donors (Lipinski definition) is 0. The average Bonchev–Trinajstić information content (AvgIpc) is 3.32. The Morgan fingerprint density at radius 1 is 0.976 bits per heavy atom. The third-order valence-corrected chi connectivity index (χ3v) is 7.38. The first-order valence-corrected chi connectivity index (χ1v) is 13.1. The van der Waals surface area contributed by atoms with Crippen molar-refractivity contribution in [3.8, 4) is 0 Å². The van der Waals surface area contributed by atoms with Gasteiger partial charge < -0.3 is 14.4 Å². The van der Waals surface area contributed by atoms with E-state index in [-0.39, 0.29) is 25.0 Å². The van der Waals surface area contributed by atoms with Gasteiger partial charge in [0.15, 0.2) is 0 Å². The minimum absolute atomic E-state index is 0.0191. The lowest BCUT2D eigenvalue weighted by atomic mass is 9.88. The molecule has 0 fully saturated rings. The molecule has 0 radical (unpaired) electrons. The summed E-state index contributed by atoms with van der Waals surface area (Å²) in [5, 5.41) is 0. The standard InChI is InChI=1S/C28H29F6N3O5/c1-5-42-26(40)37-15(2)8-23(21-11-18-6-7-35(16(3)38)22(18)13-24(21)37)36(25(39)41-4)14-17-9-19(27(29,30)31)12-20(10-17)28(32,33)34/h9-13,15,23H,5-8,14H2,1-4H3. The van der Waals surface area contributed by atoms with Crippen molar-refractivity contribution < 1.29 is 50.2 Å². The van der Waals surface area contributed by atoms with E-state index >= 15 is 0 Å². The van der Waals surface area contributed by atoms with Crippen LogP contribution in [-0.2, 0) is 39.6 Å². The first-order valence-electron chi connectivity index (χ1n) is 13.1. The summed E-state index contributed by atoms with van der Waals surface area (Å²) >= 11 is 0. The molecule has 3 amide bonds. The van der Waals surface area contributed by atoms with Gasteiger partial charge in [-0.2, -0.15) is 26.3 Å². The third-order valence-electron chi connectivity index (χ3n) is 7.38. The molecule has 228 valence electrons. The largest absolute Gasteiger partial charge is 0.453 e. The van der Waals surface area contributed by atoms with E-state index in [1.165, 1.54) is 16.7 Å². The molecular formula is C28H29F6N3O5. The number of amides is 3. The summed E-state index contributed by atoms with van der Waals surface area (Å²) in [7, 11) is 1.05. The van der Waals surface area contributed by atoms with Crippen molar-refractivity contribution in [3.63, 3.8) is 0 Å². The van der Waals surface area contributed by atoms with E-state index in [1.807, 2.05) is 0 Å². The van der Waals surface area contributed by atoms with Gasteiger partial charge in [-0.1, -0.05) is 0 Å². The number of carbonyl (C=O) groups excluding carboxylic acids is 3.